The molecule has 1 aliphatic heterocycles. The van der Waals surface area contributed by atoms with Crippen molar-refractivity contribution < 1.29 is 22.7 Å². The van der Waals surface area contributed by atoms with Crippen LogP contribution in [-0.4, -0.2) is 58.5 Å². The summed E-state index contributed by atoms with van der Waals surface area (Å²) in [5.41, 5.74) is 2.31. The van der Waals surface area contributed by atoms with Gasteiger partial charge in [0.15, 0.2) is 0 Å². The summed E-state index contributed by atoms with van der Waals surface area (Å²) < 4.78 is 33.3. The van der Waals surface area contributed by atoms with Crippen LogP contribution in [0.15, 0.2) is 47.4 Å². The molecule has 2 aromatic carbocycles. The molecule has 2 aromatic rings. The Kier molecular flexibility index (Phi) is 8.10. The molecular weight excluding hydrogens is 442 g/mol. The van der Waals surface area contributed by atoms with E-state index in [9.17, 15) is 18.0 Å². The number of sulfonamides is 1. The molecule has 1 fully saturated rings. The Labute approximate surface area is 195 Å². The van der Waals surface area contributed by atoms with E-state index >= 15 is 0 Å². The van der Waals surface area contributed by atoms with E-state index in [4.69, 9.17) is 4.74 Å². The van der Waals surface area contributed by atoms with Gasteiger partial charge in [0.25, 0.3) is 15.9 Å². The molecule has 2 N–H and O–H groups in total. The second kappa shape index (κ2) is 10.8. The van der Waals surface area contributed by atoms with Crippen LogP contribution in [0.4, 0.5) is 5.69 Å². The number of benzene rings is 2. The van der Waals surface area contributed by atoms with Crippen molar-refractivity contribution in [3.05, 3.63) is 59.2 Å². The fraction of sp³-hybridized carbons (Fsp3) is 0.417. The summed E-state index contributed by atoms with van der Waals surface area (Å²) in [6, 6.07) is 11.6. The quantitative estimate of drug-likeness (QED) is 0.574. The third-order valence-corrected chi connectivity index (χ3v) is 7.21. The minimum absolute atomic E-state index is 0.0838. The Morgan fingerprint density at radius 2 is 1.94 bits per heavy atom. The maximum atomic E-state index is 13.1. The van der Waals surface area contributed by atoms with Crippen LogP contribution in [0.1, 0.15) is 34.3 Å². The molecule has 0 spiro atoms. The summed E-state index contributed by atoms with van der Waals surface area (Å²) >= 11 is 0. The number of aryl methyl sites for hydroxylation is 2. The van der Waals surface area contributed by atoms with Crippen molar-refractivity contribution in [1.82, 2.24) is 10.2 Å². The molecule has 3 rings (SSSR count). The van der Waals surface area contributed by atoms with Crippen LogP contribution >= 0.6 is 0 Å². The van der Waals surface area contributed by atoms with Gasteiger partial charge in [0, 0.05) is 38.0 Å². The first kappa shape index (κ1) is 24.7. The molecule has 1 heterocycles. The molecule has 0 aromatic heterocycles. The van der Waals surface area contributed by atoms with Crippen LogP contribution in [-0.2, 0) is 19.6 Å². The molecule has 2 amide bonds. The number of carbonyl (C=O) groups is 2. The molecule has 0 bridgehead atoms. The third kappa shape index (κ3) is 6.33. The highest BCUT2D eigenvalue weighted by atomic mass is 32.2. The monoisotopic (exact) mass is 473 g/mol. The molecular formula is C24H31N3O5S. The van der Waals surface area contributed by atoms with Gasteiger partial charge in [-0.05, 0) is 56.5 Å². The van der Waals surface area contributed by atoms with Crippen LogP contribution in [0, 0.1) is 19.8 Å². The Balaban J connectivity index is 1.71. The minimum Gasteiger partial charge on any atom is -0.383 e. The number of hydrogen-bond acceptors (Lipinski definition) is 5. The van der Waals surface area contributed by atoms with Gasteiger partial charge in [-0.15, -0.1) is 0 Å². The number of piperidine rings is 1. The lowest BCUT2D eigenvalue weighted by atomic mass is 9.96. The lowest BCUT2D eigenvalue weighted by Gasteiger charge is -2.32. The molecule has 0 radical (unpaired) electrons. The van der Waals surface area contributed by atoms with Crippen molar-refractivity contribution in [2.75, 3.05) is 38.1 Å². The lowest BCUT2D eigenvalue weighted by molar-refractivity contribution is -0.126. The maximum absolute atomic E-state index is 13.1. The third-order valence-electron chi connectivity index (χ3n) is 5.67. The normalized spacial score (nSPS) is 16.3. The van der Waals surface area contributed by atoms with E-state index in [-0.39, 0.29) is 22.6 Å². The van der Waals surface area contributed by atoms with Gasteiger partial charge in [-0.3, -0.25) is 14.3 Å². The van der Waals surface area contributed by atoms with Gasteiger partial charge in [-0.1, -0.05) is 23.8 Å². The number of amides is 2. The fourth-order valence-electron chi connectivity index (χ4n) is 4.01. The highest BCUT2D eigenvalue weighted by Crippen LogP contribution is 2.23. The van der Waals surface area contributed by atoms with Crippen LogP contribution in [0.5, 0.6) is 0 Å². The van der Waals surface area contributed by atoms with Gasteiger partial charge in [0.2, 0.25) is 5.91 Å². The average Bonchev–Trinajstić information content (AvgIpc) is 2.78. The zero-order valence-electron chi connectivity index (χ0n) is 19.3. The first-order valence-corrected chi connectivity index (χ1v) is 12.5. The fourth-order valence-corrected chi connectivity index (χ4v) is 5.28. The van der Waals surface area contributed by atoms with Crippen LogP contribution in [0.3, 0.4) is 0 Å². The number of rotatable bonds is 8. The molecule has 0 unspecified atom stereocenters. The second-order valence-corrected chi connectivity index (χ2v) is 9.98. The van der Waals surface area contributed by atoms with E-state index in [2.05, 4.69) is 10.0 Å². The highest BCUT2D eigenvalue weighted by Gasteiger charge is 2.29. The van der Waals surface area contributed by atoms with Crippen molar-refractivity contribution >= 4 is 27.5 Å². The SMILES string of the molecule is COCCNC(=O)[C@H]1CCCN(C(=O)c2cccc(NS(=O)(=O)c3ccc(C)cc3C)c2)C1. The van der Waals surface area contributed by atoms with Crippen molar-refractivity contribution in [3.63, 3.8) is 0 Å². The molecule has 0 saturated carbocycles. The van der Waals surface area contributed by atoms with E-state index in [1.807, 2.05) is 13.0 Å². The standard InChI is InChI=1S/C24H31N3O5S/c1-17-9-10-22(18(2)14-17)33(30,31)26-21-8-4-6-19(15-21)24(29)27-12-5-7-20(16-27)23(28)25-11-13-32-3/h4,6,8-10,14-15,20,26H,5,7,11-13,16H2,1-3H3,(H,25,28)/t20-/m0/s1. The van der Waals surface area contributed by atoms with Crippen LogP contribution in [0.25, 0.3) is 0 Å². The second-order valence-electron chi connectivity index (χ2n) is 8.33. The summed E-state index contributed by atoms with van der Waals surface area (Å²) in [4.78, 5) is 27.3. The first-order valence-electron chi connectivity index (χ1n) is 11.0. The molecule has 8 nitrogen and oxygen atoms in total. The molecule has 1 aliphatic rings. The minimum atomic E-state index is -3.80. The number of nitrogens with zero attached hydrogens (tertiary/aromatic N) is 1. The molecule has 0 aliphatic carbocycles. The summed E-state index contributed by atoms with van der Waals surface area (Å²) in [5.74, 6) is -0.581. The number of ether oxygens (including phenoxy) is 1. The molecule has 178 valence electrons. The van der Waals surface area contributed by atoms with Gasteiger partial charge in [-0.2, -0.15) is 0 Å². The number of methoxy groups -OCH3 is 1. The summed E-state index contributed by atoms with van der Waals surface area (Å²) in [6.07, 6.45) is 1.45. The number of likely N-dealkylation sites (tertiary alicyclic amines) is 1. The summed E-state index contributed by atoms with van der Waals surface area (Å²) in [6.45, 7) is 5.41. The van der Waals surface area contributed by atoms with Gasteiger partial charge in [-0.25, -0.2) is 8.42 Å². The van der Waals surface area contributed by atoms with Crippen molar-refractivity contribution in [3.8, 4) is 0 Å². The zero-order chi connectivity index (χ0) is 24.0. The highest BCUT2D eigenvalue weighted by molar-refractivity contribution is 7.92. The number of anilines is 1. The van der Waals surface area contributed by atoms with Crippen molar-refractivity contribution in [2.45, 2.75) is 31.6 Å². The molecule has 1 saturated heterocycles. The molecule has 1 atom stereocenters. The van der Waals surface area contributed by atoms with Gasteiger partial charge >= 0.3 is 0 Å². The van der Waals surface area contributed by atoms with E-state index in [0.29, 0.717) is 43.1 Å². The Morgan fingerprint density at radius 3 is 2.67 bits per heavy atom. The zero-order valence-corrected chi connectivity index (χ0v) is 20.1. The Morgan fingerprint density at radius 1 is 1.15 bits per heavy atom. The number of nitrogens with one attached hydrogen (secondary N) is 2. The summed E-state index contributed by atoms with van der Waals surface area (Å²) in [5, 5.41) is 2.83. The smallest absolute Gasteiger partial charge is 0.262 e. The van der Waals surface area contributed by atoms with E-state index in [0.717, 1.165) is 18.4 Å². The predicted octanol–water partition coefficient (Wildman–Crippen LogP) is 2.72. The Bertz CT molecular complexity index is 1120. The summed E-state index contributed by atoms with van der Waals surface area (Å²) in [7, 11) is -2.22. The van der Waals surface area contributed by atoms with Gasteiger partial charge in [0.05, 0.1) is 17.4 Å². The number of hydrogen-bond donors (Lipinski definition) is 2. The maximum Gasteiger partial charge on any atom is 0.262 e. The van der Waals surface area contributed by atoms with Gasteiger partial charge < -0.3 is 15.0 Å². The molecule has 33 heavy (non-hydrogen) atoms. The lowest BCUT2D eigenvalue weighted by Crippen LogP contribution is -2.45. The molecule has 9 heteroatoms. The largest absolute Gasteiger partial charge is 0.383 e. The van der Waals surface area contributed by atoms with Crippen LogP contribution < -0.4 is 10.0 Å². The van der Waals surface area contributed by atoms with Crippen LogP contribution in [0.2, 0.25) is 0 Å². The Hall–Kier alpha value is -2.91. The van der Waals surface area contributed by atoms with Gasteiger partial charge in [0.1, 0.15) is 0 Å². The van der Waals surface area contributed by atoms with E-state index in [1.54, 1.807) is 49.3 Å². The topological polar surface area (TPSA) is 105 Å². The van der Waals surface area contributed by atoms with Crippen molar-refractivity contribution in [1.29, 1.82) is 0 Å². The first-order chi connectivity index (χ1) is 15.7. The van der Waals surface area contributed by atoms with Crippen molar-refractivity contribution in [2.24, 2.45) is 5.92 Å². The predicted molar refractivity (Wildman–Crippen MR) is 127 cm³/mol. The average molecular weight is 474 g/mol. The van der Waals surface area contributed by atoms with E-state index in [1.165, 1.54) is 6.07 Å². The number of carbonyl (C=O) groups excluding carboxylic acids is 2. The van der Waals surface area contributed by atoms with E-state index < -0.39 is 10.0 Å².